The molecule has 1 saturated carbocycles. The molecule has 1 aromatic heterocycles. The predicted octanol–water partition coefficient (Wildman–Crippen LogP) is 3.82. The van der Waals surface area contributed by atoms with Crippen LogP contribution in [0.25, 0.3) is 11.0 Å². The van der Waals surface area contributed by atoms with Crippen molar-refractivity contribution in [3.63, 3.8) is 0 Å². The van der Waals surface area contributed by atoms with Gasteiger partial charge < -0.3 is 15.6 Å². The van der Waals surface area contributed by atoms with Gasteiger partial charge in [0.15, 0.2) is 0 Å². The van der Waals surface area contributed by atoms with Crippen LogP contribution in [0.5, 0.6) is 0 Å². The summed E-state index contributed by atoms with van der Waals surface area (Å²) < 4.78 is 2.33. The first-order valence-electron chi connectivity index (χ1n) is 8.75. The van der Waals surface area contributed by atoms with Crippen LogP contribution >= 0.6 is 24.8 Å². The smallest absolute Gasteiger partial charge is 0.244 e. The number of carbonyl (C=O) groups excluding carboxylic acids is 1. The number of imidazole rings is 1. The van der Waals surface area contributed by atoms with Crippen LogP contribution in [-0.4, -0.2) is 21.0 Å². The molecule has 0 radical (unpaired) electrons. The first-order chi connectivity index (χ1) is 11.2. The van der Waals surface area contributed by atoms with Gasteiger partial charge in [0, 0.05) is 18.7 Å². The molecular weight excluding hydrogens is 359 g/mol. The second-order valence-corrected chi connectivity index (χ2v) is 7.01. The van der Waals surface area contributed by atoms with Crippen LogP contribution in [0.4, 0.5) is 5.69 Å². The summed E-state index contributed by atoms with van der Waals surface area (Å²) in [5.41, 5.74) is 8.47. The molecule has 4 rings (SSSR count). The van der Waals surface area contributed by atoms with Crippen molar-refractivity contribution < 1.29 is 4.79 Å². The van der Waals surface area contributed by atoms with Crippen LogP contribution in [-0.2, 0) is 17.8 Å². The number of hydrogen-bond donors (Lipinski definition) is 2. The van der Waals surface area contributed by atoms with Crippen LogP contribution < -0.4 is 11.1 Å². The number of halogens is 2. The Labute approximate surface area is 160 Å². The zero-order valence-electron chi connectivity index (χ0n) is 14.3. The molecular formula is C18H26Cl2N4O. The summed E-state index contributed by atoms with van der Waals surface area (Å²) in [4.78, 5) is 17.2. The quantitative estimate of drug-likeness (QED) is 0.826. The molecule has 138 valence electrons. The summed E-state index contributed by atoms with van der Waals surface area (Å²) in [5.74, 6) is 1.11. The number of nitrogens with zero attached hydrogens (tertiary/aromatic N) is 2. The van der Waals surface area contributed by atoms with E-state index in [0.717, 1.165) is 49.9 Å². The van der Waals surface area contributed by atoms with Crippen molar-refractivity contribution in [1.82, 2.24) is 9.55 Å². The maximum Gasteiger partial charge on any atom is 0.244 e. The number of benzene rings is 1. The van der Waals surface area contributed by atoms with Crippen LogP contribution in [0.1, 0.15) is 50.8 Å². The molecule has 1 amide bonds. The summed E-state index contributed by atoms with van der Waals surface area (Å²) in [6.07, 6.45) is 8.38. The first kappa shape index (κ1) is 20.0. The third kappa shape index (κ3) is 3.78. The highest BCUT2D eigenvalue weighted by atomic mass is 35.5. The molecule has 1 aliphatic heterocycles. The van der Waals surface area contributed by atoms with E-state index in [2.05, 4.69) is 16.0 Å². The predicted molar refractivity (Wildman–Crippen MR) is 106 cm³/mol. The highest BCUT2D eigenvalue weighted by Gasteiger charge is 2.37. The van der Waals surface area contributed by atoms with E-state index in [0.29, 0.717) is 0 Å². The Morgan fingerprint density at radius 1 is 1.12 bits per heavy atom. The zero-order valence-corrected chi connectivity index (χ0v) is 15.9. The Morgan fingerprint density at radius 3 is 2.64 bits per heavy atom. The van der Waals surface area contributed by atoms with E-state index in [1.54, 1.807) is 0 Å². The zero-order chi connectivity index (χ0) is 15.9. The number of fused-ring (bicyclic) bond motifs is 3. The summed E-state index contributed by atoms with van der Waals surface area (Å²) >= 11 is 0. The van der Waals surface area contributed by atoms with E-state index >= 15 is 0 Å². The lowest BCUT2D eigenvalue weighted by molar-refractivity contribution is -0.121. The molecule has 0 bridgehead atoms. The van der Waals surface area contributed by atoms with Crippen molar-refractivity contribution in [3.8, 4) is 0 Å². The number of aromatic nitrogens is 2. The Hall–Kier alpha value is -1.30. The lowest BCUT2D eigenvalue weighted by atomic mass is 9.98. The molecule has 0 atom stereocenters. The second-order valence-electron chi connectivity index (χ2n) is 7.01. The second kappa shape index (κ2) is 7.94. The minimum atomic E-state index is -0.694. The van der Waals surface area contributed by atoms with E-state index in [-0.39, 0.29) is 30.7 Å². The first-order valence-corrected chi connectivity index (χ1v) is 8.75. The fraction of sp³-hybridized carbons (Fsp3) is 0.556. The molecule has 1 aromatic carbocycles. The minimum absolute atomic E-state index is 0. The number of rotatable bonds is 2. The molecule has 1 aliphatic carbocycles. The molecule has 7 heteroatoms. The number of aryl methyl sites for hydroxylation is 2. The molecule has 0 unspecified atom stereocenters. The number of nitrogens with one attached hydrogen (secondary N) is 1. The molecule has 25 heavy (non-hydrogen) atoms. The average molecular weight is 385 g/mol. The molecule has 0 saturated heterocycles. The SMILES string of the molecule is Cl.Cl.NC1(C(=O)Nc2ccc3c(c2)nc2n3CCCCC2)CCCC1. The monoisotopic (exact) mass is 384 g/mol. The van der Waals surface area contributed by atoms with Gasteiger partial charge in [-0.2, -0.15) is 0 Å². The van der Waals surface area contributed by atoms with Gasteiger partial charge in [-0.3, -0.25) is 4.79 Å². The van der Waals surface area contributed by atoms with Gasteiger partial charge in [0.1, 0.15) is 5.82 Å². The van der Waals surface area contributed by atoms with Crippen molar-refractivity contribution in [2.45, 2.75) is 63.5 Å². The van der Waals surface area contributed by atoms with Gasteiger partial charge >= 0.3 is 0 Å². The number of hydrogen-bond acceptors (Lipinski definition) is 3. The largest absolute Gasteiger partial charge is 0.328 e. The third-order valence-electron chi connectivity index (χ3n) is 5.32. The van der Waals surface area contributed by atoms with Gasteiger partial charge in [0.25, 0.3) is 0 Å². The summed E-state index contributed by atoms with van der Waals surface area (Å²) in [7, 11) is 0. The van der Waals surface area contributed by atoms with Gasteiger partial charge in [0.2, 0.25) is 5.91 Å². The normalized spacial score (nSPS) is 18.6. The molecule has 2 aliphatic rings. The van der Waals surface area contributed by atoms with Gasteiger partial charge in [-0.1, -0.05) is 19.3 Å². The fourth-order valence-corrected chi connectivity index (χ4v) is 3.92. The van der Waals surface area contributed by atoms with Crippen LogP contribution in [0, 0.1) is 0 Å². The molecule has 5 nitrogen and oxygen atoms in total. The lowest BCUT2D eigenvalue weighted by Gasteiger charge is -2.22. The van der Waals surface area contributed by atoms with Crippen LogP contribution in [0.15, 0.2) is 18.2 Å². The number of nitrogens with two attached hydrogens (primary N) is 1. The number of amides is 1. The van der Waals surface area contributed by atoms with E-state index in [9.17, 15) is 4.79 Å². The summed E-state index contributed by atoms with van der Waals surface area (Å²) in [6, 6.07) is 6.02. The third-order valence-corrected chi connectivity index (χ3v) is 5.32. The summed E-state index contributed by atoms with van der Waals surface area (Å²) in [6.45, 7) is 1.05. The van der Waals surface area contributed by atoms with Crippen molar-refractivity contribution in [3.05, 3.63) is 24.0 Å². The van der Waals surface area contributed by atoms with E-state index in [4.69, 9.17) is 10.7 Å². The van der Waals surface area contributed by atoms with Crippen molar-refractivity contribution >= 4 is 47.4 Å². The lowest BCUT2D eigenvalue weighted by Crippen LogP contribution is -2.48. The standard InChI is InChI=1S/C18H24N4O.2ClH/c19-18(9-3-4-10-18)17(23)20-13-7-8-15-14(12-13)21-16-6-2-1-5-11-22(15)16;;/h7-8,12H,1-6,9-11,19H2,(H,20,23);2*1H. The Kier molecular flexibility index (Phi) is 6.35. The maximum absolute atomic E-state index is 12.5. The molecule has 3 N–H and O–H groups in total. The molecule has 0 spiro atoms. The summed E-state index contributed by atoms with van der Waals surface area (Å²) in [5, 5.41) is 3.00. The van der Waals surface area contributed by atoms with Crippen molar-refractivity contribution in [1.29, 1.82) is 0 Å². The Bertz CT molecular complexity index is 753. The van der Waals surface area contributed by atoms with Crippen LogP contribution in [0.3, 0.4) is 0 Å². The molecule has 2 aromatic rings. The van der Waals surface area contributed by atoms with Gasteiger partial charge in [-0.15, -0.1) is 24.8 Å². The average Bonchev–Trinajstić information content (AvgIpc) is 3.05. The number of anilines is 1. The molecule has 1 fully saturated rings. The van der Waals surface area contributed by atoms with E-state index in [1.165, 1.54) is 30.6 Å². The van der Waals surface area contributed by atoms with Crippen molar-refractivity contribution in [2.75, 3.05) is 5.32 Å². The fourth-order valence-electron chi connectivity index (χ4n) is 3.92. The van der Waals surface area contributed by atoms with Crippen molar-refractivity contribution in [2.24, 2.45) is 5.73 Å². The highest BCUT2D eigenvalue weighted by molar-refractivity contribution is 5.99. The maximum atomic E-state index is 12.5. The van der Waals surface area contributed by atoms with Gasteiger partial charge in [0.05, 0.1) is 16.6 Å². The van der Waals surface area contributed by atoms with E-state index < -0.39 is 5.54 Å². The Balaban J connectivity index is 0.00000113. The number of carbonyl (C=O) groups is 1. The topological polar surface area (TPSA) is 72.9 Å². The van der Waals surface area contributed by atoms with Crippen LogP contribution in [0.2, 0.25) is 0 Å². The van der Waals surface area contributed by atoms with Gasteiger partial charge in [-0.05, 0) is 43.9 Å². The van der Waals surface area contributed by atoms with E-state index in [1.807, 2.05) is 12.1 Å². The minimum Gasteiger partial charge on any atom is -0.328 e. The highest BCUT2D eigenvalue weighted by Crippen LogP contribution is 2.29. The van der Waals surface area contributed by atoms with Gasteiger partial charge in [-0.25, -0.2) is 4.98 Å². The molecule has 2 heterocycles. The Morgan fingerprint density at radius 2 is 1.88 bits per heavy atom.